The van der Waals surface area contributed by atoms with E-state index in [1.807, 2.05) is 66.7 Å². The first-order chi connectivity index (χ1) is 11.3. The molecule has 1 amide bonds. The SMILES string of the molecule is CCCN1C(=O)/C(=C/c2ccccc2)SC1=Nc1ccccc1. The zero-order valence-electron chi connectivity index (χ0n) is 13.0. The smallest absolute Gasteiger partial charge is 0.266 e. The van der Waals surface area contributed by atoms with Gasteiger partial charge in [-0.25, -0.2) is 4.99 Å². The molecule has 0 saturated carbocycles. The van der Waals surface area contributed by atoms with Crippen LogP contribution >= 0.6 is 11.8 Å². The number of thioether (sulfide) groups is 1. The maximum absolute atomic E-state index is 12.7. The summed E-state index contributed by atoms with van der Waals surface area (Å²) in [4.78, 5) is 19.8. The number of hydrogen-bond acceptors (Lipinski definition) is 3. The number of amidine groups is 1. The van der Waals surface area contributed by atoms with E-state index in [1.165, 1.54) is 11.8 Å². The monoisotopic (exact) mass is 322 g/mol. The lowest BCUT2D eigenvalue weighted by molar-refractivity contribution is -0.122. The molecule has 0 atom stereocenters. The Morgan fingerprint density at radius 1 is 1.04 bits per heavy atom. The third-order valence-electron chi connectivity index (χ3n) is 3.41. The highest BCUT2D eigenvalue weighted by molar-refractivity contribution is 8.18. The van der Waals surface area contributed by atoms with Crippen LogP contribution in [-0.4, -0.2) is 22.5 Å². The van der Waals surface area contributed by atoms with Crippen molar-refractivity contribution in [2.24, 2.45) is 4.99 Å². The van der Waals surface area contributed by atoms with E-state index in [0.29, 0.717) is 6.54 Å². The first-order valence-electron chi connectivity index (χ1n) is 7.68. The van der Waals surface area contributed by atoms with Crippen LogP contribution in [0.2, 0.25) is 0 Å². The van der Waals surface area contributed by atoms with Crippen LogP contribution in [0.1, 0.15) is 18.9 Å². The number of carbonyl (C=O) groups is 1. The van der Waals surface area contributed by atoms with Gasteiger partial charge in [-0.2, -0.15) is 0 Å². The summed E-state index contributed by atoms with van der Waals surface area (Å²) in [7, 11) is 0. The summed E-state index contributed by atoms with van der Waals surface area (Å²) in [5, 5.41) is 0.755. The maximum Gasteiger partial charge on any atom is 0.266 e. The minimum Gasteiger partial charge on any atom is -0.286 e. The summed E-state index contributed by atoms with van der Waals surface area (Å²) in [6, 6.07) is 19.7. The average Bonchev–Trinajstić information content (AvgIpc) is 2.86. The maximum atomic E-state index is 12.7. The molecule has 3 nitrogen and oxygen atoms in total. The van der Waals surface area contributed by atoms with Gasteiger partial charge in [0.1, 0.15) is 0 Å². The lowest BCUT2D eigenvalue weighted by Gasteiger charge is -2.13. The van der Waals surface area contributed by atoms with Gasteiger partial charge in [-0.1, -0.05) is 55.5 Å². The number of nitrogens with zero attached hydrogens (tertiary/aromatic N) is 2. The highest BCUT2D eigenvalue weighted by Crippen LogP contribution is 2.34. The van der Waals surface area contributed by atoms with Crippen LogP contribution in [0.4, 0.5) is 5.69 Å². The van der Waals surface area contributed by atoms with Crippen LogP contribution < -0.4 is 0 Å². The van der Waals surface area contributed by atoms with Gasteiger partial charge in [-0.05, 0) is 42.0 Å². The van der Waals surface area contributed by atoms with Crippen LogP contribution in [-0.2, 0) is 4.79 Å². The van der Waals surface area contributed by atoms with Crippen molar-refractivity contribution in [1.29, 1.82) is 0 Å². The van der Waals surface area contributed by atoms with E-state index in [1.54, 1.807) is 4.90 Å². The minimum absolute atomic E-state index is 0.0374. The largest absolute Gasteiger partial charge is 0.286 e. The Bertz CT molecular complexity index is 738. The summed E-state index contributed by atoms with van der Waals surface area (Å²) in [6.07, 6.45) is 2.84. The molecule has 0 aromatic heterocycles. The topological polar surface area (TPSA) is 32.7 Å². The number of carbonyl (C=O) groups excluding carboxylic acids is 1. The zero-order valence-corrected chi connectivity index (χ0v) is 13.8. The second-order valence-corrected chi connectivity index (χ2v) is 6.22. The van der Waals surface area contributed by atoms with Crippen LogP contribution in [0, 0.1) is 0 Å². The normalized spacial score (nSPS) is 18.1. The van der Waals surface area contributed by atoms with Crippen molar-refractivity contribution in [3.05, 3.63) is 71.1 Å². The number of para-hydroxylation sites is 1. The Labute approximate surface area is 140 Å². The fourth-order valence-corrected chi connectivity index (χ4v) is 3.35. The Morgan fingerprint density at radius 2 is 1.70 bits per heavy atom. The molecule has 1 heterocycles. The third kappa shape index (κ3) is 3.71. The molecule has 3 rings (SSSR count). The molecule has 0 spiro atoms. The fourth-order valence-electron chi connectivity index (χ4n) is 2.33. The van der Waals surface area contributed by atoms with Crippen molar-refractivity contribution >= 4 is 34.6 Å². The zero-order chi connectivity index (χ0) is 16.1. The number of aliphatic imine (C=N–C) groups is 1. The molecular weight excluding hydrogens is 304 g/mol. The van der Waals surface area contributed by atoms with E-state index >= 15 is 0 Å². The molecule has 2 aromatic rings. The van der Waals surface area contributed by atoms with Crippen molar-refractivity contribution in [2.45, 2.75) is 13.3 Å². The minimum atomic E-state index is 0.0374. The van der Waals surface area contributed by atoms with Crippen molar-refractivity contribution in [1.82, 2.24) is 4.90 Å². The molecule has 0 unspecified atom stereocenters. The average molecular weight is 322 g/mol. The predicted molar refractivity (Wildman–Crippen MR) is 97.6 cm³/mol. The Balaban J connectivity index is 1.93. The molecule has 0 bridgehead atoms. The quantitative estimate of drug-likeness (QED) is 0.764. The second-order valence-electron chi connectivity index (χ2n) is 5.21. The van der Waals surface area contributed by atoms with Gasteiger partial charge in [0.25, 0.3) is 5.91 Å². The highest BCUT2D eigenvalue weighted by Gasteiger charge is 2.32. The van der Waals surface area contributed by atoms with Gasteiger partial charge in [0.05, 0.1) is 10.6 Å². The molecule has 23 heavy (non-hydrogen) atoms. The number of benzene rings is 2. The molecule has 1 saturated heterocycles. The van der Waals surface area contributed by atoms with Crippen LogP contribution in [0.5, 0.6) is 0 Å². The lowest BCUT2D eigenvalue weighted by atomic mass is 10.2. The lowest BCUT2D eigenvalue weighted by Crippen LogP contribution is -2.29. The van der Waals surface area contributed by atoms with Gasteiger partial charge < -0.3 is 0 Å². The van der Waals surface area contributed by atoms with Crippen molar-refractivity contribution in [2.75, 3.05) is 6.54 Å². The summed E-state index contributed by atoms with van der Waals surface area (Å²) in [5.41, 5.74) is 1.89. The first-order valence-corrected chi connectivity index (χ1v) is 8.50. The standard InChI is InChI=1S/C19H18N2OS/c1-2-13-21-18(22)17(14-15-9-5-3-6-10-15)23-19(21)20-16-11-7-4-8-12-16/h3-12,14H,2,13H2,1H3/b17-14-,20-19?. The summed E-state index contributed by atoms with van der Waals surface area (Å²) < 4.78 is 0. The molecule has 1 fully saturated rings. The molecule has 0 aliphatic carbocycles. The van der Waals surface area contributed by atoms with E-state index in [0.717, 1.165) is 27.7 Å². The Hall–Kier alpha value is -2.33. The van der Waals surface area contributed by atoms with Crippen LogP contribution in [0.3, 0.4) is 0 Å². The van der Waals surface area contributed by atoms with E-state index < -0.39 is 0 Å². The predicted octanol–water partition coefficient (Wildman–Crippen LogP) is 4.70. The number of amides is 1. The highest BCUT2D eigenvalue weighted by atomic mass is 32.2. The first kappa shape index (κ1) is 15.6. The molecule has 1 aliphatic rings. The van der Waals surface area contributed by atoms with Gasteiger partial charge in [0.15, 0.2) is 5.17 Å². The van der Waals surface area contributed by atoms with Gasteiger partial charge >= 0.3 is 0 Å². The molecule has 2 aromatic carbocycles. The van der Waals surface area contributed by atoms with E-state index in [-0.39, 0.29) is 5.91 Å². The van der Waals surface area contributed by atoms with E-state index in [4.69, 9.17) is 0 Å². The van der Waals surface area contributed by atoms with Crippen molar-refractivity contribution < 1.29 is 4.79 Å². The van der Waals surface area contributed by atoms with Gasteiger partial charge in [-0.15, -0.1) is 0 Å². The van der Waals surface area contributed by atoms with Crippen LogP contribution in [0.15, 0.2) is 70.6 Å². The van der Waals surface area contributed by atoms with Crippen LogP contribution in [0.25, 0.3) is 6.08 Å². The van der Waals surface area contributed by atoms with Crippen molar-refractivity contribution in [3.8, 4) is 0 Å². The number of rotatable bonds is 4. The summed E-state index contributed by atoms with van der Waals surface area (Å²) in [5.74, 6) is 0.0374. The van der Waals surface area contributed by atoms with E-state index in [2.05, 4.69) is 11.9 Å². The molecule has 4 heteroatoms. The Kier molecular flexibility index (Phi) is 4.93. The number of hydrogen-bond donors (Lipinski definition) is 0. The van der Waals surface area contributed by atoms with Crippen molar-refractivity contribution in [3.63, 3.8) is 0 Å². The second kappa shape index (κ2) is 7.29. The molecule has 0 N–H and O–H groups in total. The van der Waals surface area contributed by atoms with Gasteiger partial charge in [0.2, 0.25) is 0 Å². The summed E-state index contributed by atoms with van der Waals surface area (Å²) >= 11 is 1.44. The van der Waals surface area contributed by atoms with E-state index in [9.17, 15) is 4.79 Å². The molecule has 0 radical (unpaired) electrons. The molecular formula is C19H18N2OS. The Morgan fingerprint density at radius 3 is 2.35 bits per heavy atom. The third-order valence-corrected chi connectivity index (χ3v) is 4.42. The molecule has 116 valence electrons. The fraction of sp³-hybridized carbons (Fsp3) is 0.158. The molecule has 1 aliphatic heterocycles. The van der Waals surface area contributed by atoms with Gasteiger partial charge in [0, 0.05) is 6.54 Å². The summed E-state index contributed by atoms with van der Waals surface area (Å²) in [6.45, 7) is 2.75. The van der Waals surface area contributed by atoms with Gasteiger partial charge in [-0.3, -0.25) is 9.69 Å².